The van der Waals surface area contributed by atoms with Gasteiger partial charge in [0.15, 0.2) is 11.6 Å². The number of carbonyl (C=O) groups is 3. The van der Waals surface area contributed by atoms with Crippen molar-refractivity contribution in [1.82, 2.24) is 30.1 Å². The maximum Gasteiger partial charge on any atom is 0.326 e. The van der Waals surface area contributed by atoms with Crippen LogP contribution in [0.3, 0.4) is 0 Å². The Hall–Kier alpha value is -4.85. The Balaban J connectivity index is 1.16. The van der Waals surface area contributed by atoms with Gasteiger partial charge in [-0.3, -0.25) is 9.78 Å². The van der Waals surface area contributed by atoms with Crippen molar-refractivity contribution in [2.75, 3.05) is 61.8 Å². The number of carbonyl (C=O) groups excluding carboxylic acids is 2. The topological polar surface area (TPSA) is 156 Å². The molecular weight excluding hydrogens is 581 g/mol. The molecule has 4 N–H and O–H groups in total. The predicted octanol–water partition coefficient (Wildman–Crippen LogP) is 2.43. The van der Waals surface area contributed by atoms with Crippen LogP contribution in [0.2, 0.25) is 0 Å². The number of aliphatic carboxylic acids is 1. The Labute approximate surface area is 260 Å². The molecule has 4 heterocycles. The number of pyridine rings is 1. The molecule has 0 bridgehead atoms. The average Bonchev–Trinajstić information content (AvgIpc) is 3.05. The summed E-state index contributed by atoms with van der Waals surface area (Å²) < 4.78 is 15.4. The number of hydrogen-bond acceptors (Lipinski definition) is 9. The first-order valence-corrected chi connectivity index (χ1v) is 15.0. The molecule has 2 aromatic heterocycles. The van der Waals surface area contributed by atoms with E-state index in [1.807, 2.05) is 19.2 Å². The lowest BCUT2D eigenvalue weighted by atomic mass is 9.96. The lowest BCUT2D eigenvalue weighted by molar-refractivity contribution is -0.142. The van der Waals surface area contributed by atoms with E-state index in [9.17, 15) is 19.5 Å². The number of urea groups is 1. The van der Waals surface area contributed by atoms with Crippen LogP contribution >= 0.6 is 0 Å². The second-order valence-corrected chi connectivity index (χ2v) is 11.4. The zero-order chi connectivity index (χ0) is 31.8. The highest BCUT2D eigenvalue weighted by Gasteiger charge is 2.31. The van der Waals surface area contributed by atoms with Gasteiger partial charge in [-0.15, -0.1) is 0 Å². The Morgan fingerprint density at radius 3 is 2.44 bits per heavy atom. The third kappa shape index (κ3) is 8.41. The first kappa shape index (κ1) is 31.6. The van der Waals surface area contributed by atoms with Crippen LogP contribution in [0.25, 0.3) is 0 Å². The minimum Gasteiger partial charge on any atom is -0.480 e. The van der Waals surface area contributed by atoms with Crippen molar-refractivity contribution in [2.24, 2.45) is 5.92 Å². The second kappa shape index (κ2) is 14.8. The van der Waals surface area contributed by atoms with Crippen LogP contribution in [-0.2, 0) is 22.6 Å². The minimum absolute atomic E-state index is 0.0549. The van der Waals surface area contributed by atoms with Crippen molar-refractivity contribution < 1.29 is 23.9 Å². The van der Waals surface area contributed by atoms with Crippen LogP contribution in [0, 0.1) is 11.7 Å². The summed E-state index contributed by atoms with van der Waals surface area (Å²) in [6, 6.07) is 9.22. The Morgan fingerprint density at radius 2 is 1.73 bits per heavy atom. The number of benzene rings is 1. The molecule has 1 unspecified atom stereocenters. The van der Waals surface area contributed by atoms with Crippen LogP contribution in [0.1, 0.15) is 24.0 Å². The number of anilines is 3. The van der Waals surface area contributed by atoms with Gasteiger partial charge in [0.25, 0.3) is 0 Å². The Morgan fingerprint density at radius 1 is 1.00 bits per heavy atom. The number of carboxylic acid groups (broad SMARTS) is 1. The number of likely N-dealkylation sites (N-methyl/N-ethyl adjacent to an activating group) is 1. The summed E-state index contributed by atoms with van der Waals surface area (Å²) in [4.78, 5) is 55.7. The fraction of sp³-hybridized carbons (Fsp3) is 0.419. The quantitative estimate of drug-likeness (QED) is 0.266. The van der Waals surface area contributed by atoms with Gasteiger partial charge < -0.3 is 35.8 Å². The molecule has 3 amide bonds. The number of amides is 3. The number of hydrogen-bond donors (Lipinski definition) is 4. The van der Waals surface area contributed by atoms with E-state index in [1.54, 1.807) is 46.5 Å². The molecule has 2 aliphatic heterocycles. The van der Waals surface area contributed by atoms with E-state index in [0.717, 1.165) is 18.7 Å². The summed E-state index contributed by atoms with van der Waals surface area (Å²) in [6.07, 6.45) is 5.80. The van der Waals surface area contributed by atoms with E-state index in [4.69, 9.17) is 0 Å². The summed E-state index contributed by atoms with van der Waals surface area (Å²) in [5.41, 5.74) is 2.21. The van der Waals surface area contributed by atoms with E-state index in [2.05, 4.69) is 35.8 Å². The highest BCUT2D eigenvalue weighted by atomic mass is 19.1. The molecule has 0 saturated carbocycles. The maximum absolute atomic E-state index is 15.4. The Kier molecular flexibility index (Phi) is 10.3. The number of halogens is 1. The third-order valence-corrected chi connectivity index (χ3v) is 8.12. The summed E-state index contributed by atoms with van der Waals surface area (Å²) >= 11 is 0. The van der Waals surface area contributed by atoms with Crippen LogP contribution < -0.4 is 20.9 Å². The second-order valence-electron chi connectivity index (χ2n) is 11.4. The highest BCUT2D eigenvalue weighted by molar-refractivity contribution is 5.89. The van der Waals surface area contributed by atoms with E-state index in [-0.39, 0.29) is 30.6 Å². The molecule has 0 spiro atoms. The maximum atomic E-state index is 15.4. The lowest BCUT2D eigenvalue weighted by Crippen LogP contribution is -2.49. The zero-order valence-corrected chi connectivity index (χ0v) is 25.2. The number of nitrogens with one attached hydrogen (secondary N) is 3. The predicted molar refractivity (Wildman–Crippen MR) is 166 cm³/mol. The SMILES string of the molecule is CN1CCN(C(=O)Nc2ccc(C[C@H](NC(=O)C3CCCN(c4ncnc(NCc5ccncc5)c4F)C3)C(=O)O)cc2)CC1. The summed E-state index contributed by atoms with van der Waals surface area (Å²) in [7, 11) is 2.02. The van der Waals surface area contributed by atoms with Gasteiger partial charge in [0.1, 0.15) is 12.4 Å². The molecular formula is C31H38FN9O4. The van der Waals surface area contributed by atoms with Crippen molar-refractivity contribution in [2.45, 2.75) is 31.8 Å². The summed E-state index contributed by atoms with van der Waals surface area (Å²) in [5.74, 6) is -2.58. The first-order valence-electron chi connectivity index (χ1n) is 15.0. The van der Waals surface area contributed by atoms with Gasteiger partial charge in [0.05, 0.1) is 5.92 Å². The van der Waals surface area contributed by atoms with Crippen LogP contribution in [0.4, 0.5) is 26.5 Å². The number of piperazine rings is 1. The molecule has 2 atom stereocenters. The fourth-order valence-corrected chi connectivity index (χ4v) is 5.44. The van der Waals surface area contributed by atoms with Crippen molar-refractivity contribution in [1.29, 1.82) is 0 Å². The highest BCUT2D eigenvalue weighted by Crippen LogP contribution is 2.27. The molecule has 2 aliphatic rings. The molecule has 45 heavy (non-hydrogen) atoms. The molecule has 1 aromatic carbocycles. The zero-order valence-electron chi connectivity index (χ0n) is 25.2. The van der Waals surface area contributed by atoms with Crippen molar-refractivity contribution >= 4 is 35.2 Å². The van der Waals surface area contributed by atoms with Gasteiger partial charge in [0, 0.05) is 70.3 Å². The first-order chi connectivity index (χ1) is 21.8. The van der Waals surface area contributed by atoms with Crippen molar-refractivity contribution in [3.05, 3.63) is 72.1 Å². The molecule has 5 rings (SSSR count). The minimum atomic E-state index is -1.16. The van der Waals surface area contributed by atoms with E-state index in [0.29, 0.717) is 50.3 Å². The normalized spacial score (nSPS) is 17.8. The molecule has 13 nitrogen and oxygen atoms in total. The number of carboxylic acids is 1. The number of nitrogens with zero attached hydrogens (tertiary/aromatic N) is 6. The van der Waals surface area contributed by atoms with E-state index >= 15 is 4.39 Å². The Bertz CT molecular complexity index is 1470. The smallest absolute Gasteiger partial charge is 0.326 e. The van der Waals surface area contributed by atoms with Gasteiger partial charge in [-0.2, -0.15) is 4.39 Å². The standard InChI is InChI=1S/C31H38FN9O4/c1-39-13-15-40(16-14-39)31(45)37-24-6-4-21(5-7-24)17-25(30(43)44)38-29(42)23-3-2-12-41(19-23)28-26(32)27(35-20-36-28)34-18-22-8-10-33-11-9-22/h4-11,20,23,25H,2-3,12-19H2,1H3,(H,37,45)(H,38,42)(H,43,44)(H,34,35,36)/t23?,25-/m0/s1. The van der Waals surface area contributed by atoms with E-state index < -0.39 is 29.7 Å². The van der Waals surface area contributed by atoms with Crippen molar-refractivity contribution in [3.8, 4) is 0 Å². The lowest BCUT2D eigenvalue weighted by Gasteiger charge is -2.33. The average molecular weight is 620 g/mol. The molecule has 238 valence electrons. The van der Waals surface area contributed by atoms with Gasteiger partial charge in [-0.1, -0.05) is 12.1 Å². The van der Waals surface area contributed by atoms with Crippen LogP contribution in [0.15, 0.2) is 55.1 Å². The van der Waals surface area contributed by atoms with Gasteiger partial charge in [0.2, 0.25) is 11.7 Å². The van der Waals surface area contributed by atoms with E-state index in [1.165, 1.54) is 6.33 Å². The number of aromatic nitrogens is 3. The van der Waals surface area contributed by atoms with Crippen LogP contribution in [-0.4, -0.2) is 100 Å². The molecule has 0 radical (unpaired) electrons. The van der Waals surface area contributed by atoms with Gasteiger partial charge >= 0.3 is 12.0 Å². The molecule has 3 aromatic rings. The monoisotopic (exact) mass is 619 g/mol. The fourth-order valence-electron chi connectivity index (χ4n) is 5.44. The number of rotatable bonds is 10. The molecule has 14 heteroatoms. The summed E-state index contributed by atoms with van der Waals surface area (Å²) in [6.45, 7) is 3.98. The van der Waals surface area contributed by atoms with Gasteiger partial charge in [-0.25, -0.2) is 19.6 Å². The largest absolute Gasteiger partial charge is 0.480 e. The van der Waals surface area contributed by atoms with Gasteiger partial charge in [-0.05, 0) is 55.3 Å². The summed E-state index contributed by atoms with van der Waals surface area (Å²) in [5, 5.41) is 18.4. The van der Waals surface area contributed by atoms with Crippen molar-refractivity contribution in [3.63, 3.8) is 0 Å². The van der Waals surface area contributed by atoms with Crippen LogP contribution in [0.5, 0.6) is 0 Å². The number of piperidine rings is 1. The third-order valence-electron chi connectivity index (χ3n) is 8.12. The molecule has 2 saturated heterocycles. The molecule has 2 fully saturated rings. The molecule has 0 aliphatic carbocycles.